The van der Waals surface area contributed by atoms with Crippen molar-refractivity contribution in [2.75, 3.05) is 24.5 Å². The van der Waals surface area contributed by atoms with Gasteiger partial charge in [0.05, 0.1) is 0 Å². The highest BCUT2D eigenvalue weighted by Crippen LogP contribution is 2.25. The predicted octanol–water partition coefficient (Wildman–Crippen LogP) is 3.40. The molecule has 0 aliphatic carbocycles. The molecule has 0 spiro atoms. The zero-order valence-electron chi connectivity index (χ0n) is 10.4. The number of benzene rings is 1. The van der Waals surface area contributed by atoms with Gasteiger partial charge in [0.15, 0.2) is 0 Å². The van der Waals surface area contributed by atoms with Gasteiger partial charge in [0.2, 0.25) is 0 Å². The number of halogens is 1. The van der Waals surface area contributed by atoms with Crippen molar-refractivity contribution in [2.45, 2.75) is 27.3 Å². The van der Waals surface area contributed by atoms with E-state index in [0.717, 1.165) is 30.7 Å². The van der Waals surface area contributed by atoms with E-state index in [9.17, 15) is 0 Å². The number of anilines is 1. The van der Waals surface area contributed by atoms with Gasteiger partial charge in [-0.15, -0.1) is 0 Å². The largest absolute Gasteiger partial charge is 0.372 e. The first-order valence-corrected chi connectivity index (χ1v) is 6.76. The van der Waals surface area contributed by atoms with E-state index in [1.165, 1.54) is 11.3 Å². The van der Waals surface area contributed by atoms with Crippen LogP contribution in [0.4, 0.5) is 5.69 Å². The molecule has 0 unspecified atom stereocenters. The molecule has 0 radical (unpaired) electrons. The van der Waals surface area contributed by atoms with Crippen LogP contribution in [0.25, 0.3) is 0 Å². The standard InChI is InChI=1S/C13H21BrN2/c1-4-15-10-11-7-8-12(14)9-13(11)16(5-2)6-3/h7-9,15H,4-6,10H2,1-3H3. The van der Waals surface area contributed by atoms with Crippen LogP contribution in [0.15, 0.2) is 22.7 Å². The average molecular weight is 285 g/mol. The lowest BCUT2D eigenvalue weighted by Gasteiger charge is -2.24. The molecule has 3 heteroatoms. The number of hydrogen-bond donors (Lipinski definition) is 1. The minimum Gasteiger partial charge on any atom is -0.372 e. The fraction of sp³-hybridized carbons (Fsp3) is 0.538. The minimum absolute atomic E-state index is 0.940. The molecule has 0 amide bonds. The maximum absolute atomic E-state index is 3.54. The Kier molecular flexibility index (Phi) is 5.85. The molecule has 0 atom stereocenters. The van der Waals surface area contributed by atoms with Crippen LogP contribution in [0.5, 0.6) is 0 Å². The molecular formula is C13H21BrN2. The SMILES string of the molecule is CCNCc1ccc(Br)cc1N(CC)CC. The molecule has 0 heterocycles. The van der Waals surface area contributed by atoms with Crippen molar-refractivity contribution in [3.8, 4) is 0 Å². The van der Waals surface area contributed by atoms with Gasteiger partial charge in [0, 0.05) is 29.8 Å². The van der Waals surface area contributed by atoms with Crippen LogP contribution in [-0.4, -0.2) is 19.6 Å². The lowest BCUT2D eigenvalue weighted by molar-refractivity contribution is 0.721. The summed E-state index contributed by atoms with van der Waals surface area (Å²) in [5.41, 5.74) is 2.70. The molecule has 0 saturated heterocycles. The van der Waals surface area contributed by atoms with E-state index >= 15 is 0 Å². The molecule has 1 rings (SSSR count). The van der Waals surface area contributed by atoms with Crippen LogP contribution in [0.1, 0.15) is 26.3 Å². The average Bonchev–Trinajstić information content (AvgIpc) is 2.30. The van der Waals surface area contributed by atoms with Gasteiger partial charge in [-0.1, -0.05) is 28.9 Å². The summed E-state index contributed by atoms with van der Waals surface area (Å²) in [6.45, 7) is 10.6. The number of nitrogens with zero attached hydrogens (tertiary/aromatic N) is 1. The van der Waals surface area contributed by atoms with Crippen LogP contribution in [0.2, 0.25) is 0 Å². The summed E-state index contributed by atoms with van der Waals surface area (Å²) in [6.07, 6.45) is 0. The minimum atomic E-state index is 0.940. The Balaban J connectivity index is 2.96. The topological polar surface area (TPSA) is 15.3 Å². The second-order valence-electron chi connectivity index (χ2n) is 3.73. The van der Waals surface area contributed by atoms with Crippen LogP contribution >= 0.6 is 15.9 Å². The zero-order chi connectivity index (χ0) is 12.0. The molecule has 0 saturated carbocycles. The summed E-state index contributed by atoms with van der Waals surface area (Å²) in [6, 6.07) is 6.51. The van der Waals surface area contributed by atoms with Crippen molar-refractivity contribution in [3.63, 3.8) is 0 Å². The van der Waals surface area contributed by atoms with Crippen LogP contribution in [0.3, 0.4) is 0 Å². The lowest BCUT2D eigenvalue weighted by Crippen LogP contribution is -2.24. The van der Waals surface area contributed by atoms with Crippen molar-refractivity contribution in [1.82, 2.24) is 5.32 Å². The van der Waals surface area contributed by atoms with Crippen LogP contribution in [0, 0.1) is 0 Å². The molecule has 90 valence electrons. The predicted molar refractivity (Wildman–Crippen MR) is 75.1 cm³/mol. The van der Waals surface area contributed by atoms with E-state index in [4.69, 9.17) is 0 Å². The quantitative estimate of drug-likeness (QED) is 0.861. The van der Waals surface area contributed by atoms with Gasteiger partial charge in [-0.3, -0.25) is 0 Å². The summed E-state index contributed by atoms with van der Waals surface area (Å²) in [7, 11) is 0. The van der Waals surface area contributed by atoms with E-state index in [2.05, 4.69) is 65.1 Å². The highest BCUT2D eigenvalue weighted by atomic mass is 79.9. The molecule has 0 bridgehead atoms. The van der Waals surface area contributed by atoms with E-state index in [1.807, 2.05) is 0 Å². The van der Waals surface area contributed by atoms with Gasteiger partial charge in [-0.2, -0.15) is 0 Å². The molecule has 0 fully saturated rings. The van der Waals surface area contributed by atoms with Crippen molar-refractivity contribution < 1.29 is 0 Å². The van der Waals surface area contributed by atoms with Gasteiger partial charge in [0.1, 0.15) is 0 Å². The molecule has 2 nitrogen and oxygen atoms in total. The smallest absolute Gasteiger partial charge is 0.0422 e. The molecular weight excluding hydrogens is 264 g/mol. The molecule has 1 aromatic rings. The Morgan fingerprint density at radius 1 is 1.19 bits per heavy atom. The normalized spacial score (nSPS) is 10.5. The molecule has 16 heavy (non-hydrogen) atoms. The summed E-state index contributed by atoms with van der Waals surface area (Å²) in [4.78, 5) is 2.39. The second kappa shape index (κ2) is 6.92. The van der Waals surface area contributed by atoms with E-state index in [1.54, 1.807) is 0 Å². The summed E-state index contributed by atoms with van der Waals surface area (Å²) in [5.74, 6) is 0. The van der Waals surface area contributed by atoms with Crippen molar-refractivity contribution in [2.24, 2.45) is 0 Å². The van der Waals surface area contributed by atoms with E-state index in [0.29, 0.717) is 0 Å². The fourth-order valence-corrected chi connectivity index (χ4v) is 2.15. The van der Waals surface area contributed by atoms with Gasteiger partial charge < -0.3 is 10.2 Å². The number of nitrogens with one attached hydrogen (secondary N) is 1. The highest BCUT2D eigenvalue weighted by molar-refractivity contribution is 9.10. The molecule has 0 aromatic heterocycles. The Labute approximate surface area is 107 Å². The van der Waals surface area contributed by atoms with E-state index in [-0.39, 0.29) is 0 Å². The molecule has 0 aliphatic rings. The van der Waals surface area contributed by atoms with Gasteiger partial charge >= 0.3 is 0 Å². The van der Waals surface area contributed by atoms with Crippen molar-refractivity contribution in [1.29, 1.82) is 0 Å². The molecule has 1 aromatic carbocycles. The molecule has 0 aliphatic heterocycles. The third-order valence-electron chi connectivity index (χ3n) is 2.72. The Morgan fingerprint density at radius 3 is 2.44 bits per heavy atom. The second-order valence-corrected chi connectivity index (χ2v) is 4.64. The first kappa shape index (κ1) is 13.5. The Morgan fingerprint density at radius 2 is 1.88 bits per heavy atom. The Bertz CT molecular complexity index is 322. The zero-order valence-corrected chi connectivity index (χ0v) is 12.0. The maximum Gasteiger partial charge on any atom is 0.0422 e. The van der Waals surface area contributed by atoms with Gasteiger partial charge in [-0.25, -0.2) is 0 Å². The third-order valence-corrected chi connectivity index (χ3v) is 3.21. The number of rotatable bonds is 6. The van der Waals surface area contributed by atoms with Gasteiger partial charge in [-0.05, 0) is 38.1 Å². The fourth-order valence-electron chi connectivity index (χ4n) is 1.80. The third kappa shape index (κ3) is 3.49. The maximum atomic E-state index is 3.54. The monoisotopic (exact) mass is 284 g/mol. The van der Waals surface area contributed by atoms with Crippen molar-refractivity contribution in [3.05, 3.63) is 28.2 Å². The first-order valence-electron chi connectivity index (χ1n) is 5.97. The van der Waals surface area contributed by atoms with Crippen LogP contribution < -0.4 is 10.2 Å². The van der Waals surface area contributed by atoms with Crippen molar-refractivity contribution >= 4 is 21.6 Å². The first-order chi connectivity index (χ1) is 7.72. The Hall–Kier alpha value is -0.540. The van der Waals surface area contributed by atoms with E-state index < -0.39 is 0 Å². The highest BCUT2D eigenvalue weighted by Gasteiger charge is 2.08. The summed E-state index contributed by atoms with van der Waals surface area (Å²) < 4.78 is 1.15. The van der Waals surface area contributed by atoms with Gasteiger partial charge in [0.25, 0.3) is 0 Å². The number of hydrogen-bond acceptors (Lipinski definition) is 2. The summed E-state index contributed by atoms with van der Waals surface area (Å²) >= 11 is 3.54. The lowest BCUT2D eigenvalue weighted by atomic mass is 10.1. The van der Waals surface area contributed by atoms with Crippen LogP contribution in [-0.2, 0) is 6.54 Å². The molecule has 1 N–H and O–H groups in total. The summed E-state index contributed by atoms with van der Waals surface area (Å²) in [5, 5.41) is 3.39.